The van der Waals surface area contributed by atoms with Crippen molar-refractivity contribution >= 4 is 11.9 Å². The molecule has 0 amide bonds. The van der Waals surface area contributed by atoms with Gasteiger partial charge in [0.05, 0.1) is 14.2 Å². The third-order valence-corrected chi connectivity index (χ3v) is 1.71. The van der Waals surface area contributed by atoms with Crippen molar-refractivity contribution in [3.8, 4) is 12.0 Å². The summed E-state index contributed by atoms with van der Waals surface area (Å²) in [5.41, 5.74) is 0. The third-order valence-electron chi connectivity index (χ3n) is 1.71. The summed E-state index contributed by atoms with van der Waals surface area (Å²) < 4.78 is 9.00. The molecule has 5 nitrogen and oxygen atoms in total. The van der Waals surface area contributed by atoms with E-state index in [0.29, 0.717) is 0 Å². The molecule has 90 valence electrons. The van der Waals surface area contributed by atoms with Gasteiger partial charge in [-0.15, -0.1) is 0 Å². The third kappa shape index (κ3) is 6.71. The first-order chi connectivity index (χ1) is 7.63. The van der Waals surface area contributed by atoms with E-state index in [4.69, 9.17) is 0 Å². The Hall–Kier alpha value is -1.70. The summed E-state index contributed by atoms with van der Waals surface area (Å²) >= 11 is 0. The Morgan fingerprint density at radius 2 is 1.62 bits per heavy atom. The molecule has 0 aromatic carbocycles. The van der Waals surface area contributed by atoms with Gasteiger partial charge in [0.2, 0.25) is 0 Å². The fourth-order valence-corrected chi connectivity index (χ4v) is 0.868. The Kier molecular flexibility index (Phi) is 7.68. The monoisotopic (exact) mass is 227 g/mol. The Bertz CT molecular complexity index is 272. The van der Waals surface area contributed by atoms with E-state index in [1.54, 1.807) is 0 Å². The average molecular weight is 227 g/mol. The molecule has 0 atom stereocenters. The number of rotatable bonds is 5. The molecule has 0 aliphatic carbocycles. The van der Waals surface area contributed by atoms with Crippen molar-refractivity contribution < 1.29 is 19.1 Å². The molecule has 0 rings (SSSR count). The molecular weight excluding hydrogens is 210 g/mol. The second-order valence-corrected chi connectivity index (χ2v) is 3.05. The van der Waals surface area contributed by atoms with E-state index in [1.807, 2.05) is 6.92 Å². The number of nitrogens with zero attached hydrogens (tertiary/aromatic N) is 1. The summed E-state index contributed by atoms with van der Waals surface area (Å²) in [6, 6.07) is 2.73. The molecule has 0 radical (unpaired) electrons. The van der Waals surface area contributed by atoms with Crippen LogP contribution in [0, 0.1) is 12.0 Å². The highest BCUT2D eigenvalue weighted by atomic mass is 16.5. The fourth-order valence-electron chi connectivity index (χ4n) is 0.868. The summed E-state index contributed by atoms with van der Waals surface area (Å²) in [6.07, 6.45) is 1.65. The molecule has 0 N–H and O–H groups in total. The van der Waals surface area contributed by atoms with Crippen LogP contribution in [0.4, 0.5) is 0 Å². The fraction of sp³-hybridized carbons (Fsp3) is 0.636. The largest absolute Gasteiger partial charge is 0.468 e. The van der Waals surface area contributed by atoms with E-state index in [-0.39, 0.29) is 13.1 Å². The van der Waals surface area contributed by atoms with Crippen LogP contribution >= 0.6 is 0 Å². The first kappa shape index (κ1) is 14.3. The summed E-state index contributed by atoms with van der Waals surface area (Å²) in [7, 11) is 2.58. The van der Waals surface area contributed by atoms with Gasteiger partial charge in [-0.05, 0) is 6.42 Å². The SMILES string of the molecule is CCCC#CN(CC(=O)OC)CC(=O)OC. The normalized spacial score (nSPS) is 8.69. The highest BCUT2D eigenvalue weighted by molar-refractivity contribution is 5.75. The van der Waals surface area contributed by atoms with Gasteiger partial charge in [-0.2, -0.15) is 0 Å². The number of hydrogen-bond donors (Lipinski definition) is 0. The van der Waals surface area contributed by atoms with Crippen LogP contribution in [0.5, 0.6) is 0 Å². The Balaban J connectivity index is 4.33. The number of carbonyl (C=O) groups excluding carboxylic acids is 2. The maximum Gasteiger partial charge on any atom is 0.326 e. The van der Waals surface area contributed by atoms with Crippen LogP contribution in [-0.2, 0) is 19.1 Å². The molecule has 0 aliphatic heterocycles. The van der Waals surface area contributed by atoms with Gasteiger partial charge < -0.3 is 14.4 Å². The van der Waals surface area contributed by atoms with Crippen molar-refractivity contribution in [3.05, 3.63) is 0 Å². The van der Waals surface area contributed by atoms with Crippen molar-refractivity contribution in [2.75, 3.05) is 27.3 Å². The van der Waals surface area contributed by atoms with E-state index >= 15 is 0 Å². The molecule has 0 saturated heterocycles. The highest BCUT2D eigenvalue weighted by Crippen LogP contribution is 1.91. The summed E-state index contributed by atoms with van der Waals surface area (Å²) in [4.78, 5) is 23.5. The van der Waals surface area contributed by atoms with Crippen molar-refractivity contribution in [3.63, 3.8) is 0 Å². The Labute approximate surface area is 95.7 Å². The first-order valence-electron chi connectivity index (χ1n) is 5.01. The molecule has 0 bridgehead atoms. The molecule has 16 heavy (non-hydrogen) atoms. The van der Waals surface area contributed by atoms with Gasteiger partial charge in [0.25, 0.3) is 0 Å². The maximum atomic E-state index is 11.0. The zero-order valence-corrected chi connectivity index (χ0v) is 9.91. The van der Waals surface area contributed by atoms with Crippen molar-refractivity contribution in [1.82, 2.24) is 4.90 Å². The average Bonchev–Trinajstić information content (AvgIpc) is 2.28. The first-order valence-corrected chi connectivity index (χ1v) is 5.01. The minimum absolute atomic E-state index is 0.0394. The van der Waals surface area contributed by atoms with Gasteiger partial charge >= 0.3 is 11.9 Å². The predicted molar refractivity (Wildman–Crippen MR) is 58.3 cm³/mol. The standard InChI is InChI=1S/C11H17NO4/c1-4-5-6-7-12(8-10(13)15-2)9-11(14)16-3/h4-5,8-9H2,1-3H3. The lowest BCUT2D eigenvalue weighted by Crippen LogP contribution is -2.31. The van der Waals surface area contributed by atoms with Crippen LogP contribution in [0.25, 0.3) is 0 Å². The zero-order chi connectivity index (χ0) is 12.4. The molecule has 0 unspecified atom stereocenters. The minimum Gasteiger partial charge on any atom is -0.468 e. The lowest BCUT2D eigenvalue weighted by atomic mass is 10.3. The van der Waals surface area contributed by atoms with Crippen LogP contribution < -0.4 is 0 Å². The summed E-state index contributed by atoms with van der Waals surface area (Å²) in [5.74, 6) is 1.98. The van der Waals surface area contributed by atoms with Crippen LogP contribution in [0.2, 0.25) is 0 Å². The van der Waals surface area contributed by atoms with Gasteiger partial charge in [0.15, 0.2) is 0 Å². The van der Waals surface area contributed by atoms with Crippen LogP contribution in [-0.4, -0.2) is 44.1 Å². The zero-order valence-electron chi connectivity index (χ0n) is 9.91. The second-order valence-electron chi connectivity index (χ2n) is 3.05. The lowest BCUT2D eigenvalue weighted by Gasteiger charge is -2.14. The maximum absolute atomic E-state index is 11.0. The minimum atomic E-state index is -0.435. The lowest BCUT2D eigenvalue weighted by molar-refractivity contribution is -0.144. The van der Waals surface area contributed by atoms with Crippen molar-refractivity contribution in [2.24, 2.45) is 0 Å². The number of methoxy groups -OCH3 is 2. The van der Waals surface area contributed by atoms with Crippen LogP contribution in [0.15, 0.2) is 0 Å². The van der Waals surface area contributed by atoms with E-state index in [9.17, 15) is 9.59 Å². The van der Waals surface area contributed by atoms with Gasteiger partial charge in [-0.3, -0.25) is 9.59 Å². The van der Waals surface area contributed by atoms with E-state index in [1.165, 1.54) is 19.1 Å². The summed E-state index contributed by atoms with van der Waals surface area (Å²) in [5, 5.41) is 0. The number of esters is 2. The van der Waals surface area contributed by atoms with E-state index in [2.05, 4.69) is 21.4 Å². The van der Waals surface area contributed by atoms with Gasteiger partial charge in [-0.1, -0.05) is 12.8 Å². The van der Waals surface area contributed by atoms with E-state index in [0.717, 1.165) is 12.8 Å². The van der Waals surface area contributed by atoms with Crippen molar-refractivity contribution in [2.45, 2.75) is 19.8 Å². The van der Waals surface area contributed by atoms with Crippen LogP contribution in [0.3, 0.4) is 0 Å². The number of carbonyl (C=O) groups is 2. The van der Waals surface area contributed by atoms with Crippen molar-refractivity contribution in [1.29, 1.82) is 0 Å². The molecule has 0 aromatic heterocycles. The summed E-state index contributed by atoms with van der Waals surface area (Å²) in [6.45, 7) is 1.92. The molecule has 0 aromatic rings. The van der Waals surface area contributed by atoms with Gasteiger partial charge in [-0.25, -0.2) is 0 Å². The Morgan fingerprint density at radius 1 is 1.12 bits per heavy atom. The molecule has 0 heterocycles. The van der Waals surface area contributed by atoms with E-state index < -0.39 is 11.9 Å². The smallest absolute Gasteiger partial charge is 0.326 e. The Morgan fingerprint density at radius 3 is 2.00 bits per heavy atom. The van der Waals surface area contributed by atoms with Gasteiger partial charge in [0, 0.05) is 12.5 Å². The van der Waals surface area contributed by atoms with Gasteiger partial charge in [0.1, 0.15) is 13.1 Å². The molecule has 0 spiro atoms. The molecular formula is C11H17NO4. The van der Waals surface area contributed by atoms with Crippen LogP contribution in [0.1, 0.15) is 19.8 Å². The molecule has 5 heteroatoms. The highest BCUT2D eigenvalue weighted by Gasteiger charge is 2.11. The quantitative estimate of drug-likeness (QED) is 0.386. The second kappa shape index (κ2) is 8.60. The molecule has 0 saturated carbocycles. The predicted octanol–water partition coefficient (Wildman–Crippen LogP) is 0.395. The number of hydrogen-bond acceptors (Lipinski definition) is 5. The number of unbranched alkanes of at least 4 members (excludes halogenated alkanes) is 1. The molecule has 0 aliphatic rings. The molecule has 0 fully saturated rings. The topological polar surface area (TPSA) is 55.8 Å². The number of ether oxygens (including phenoxy) is 2.